The van der Waals surface area contributed by atoms with Crippen LogP contribution in [0.4, 0.5) is 0 Å². The summed E-state index contributed by atoms with van der Waals surface area (Å²) in [6, 6.07) is 0. The van der Waals surface area contributed by atoms with E-state index in [1.54, 1.807) is 0 Å². The first-order valence-corrected chi connectivity index (χ1v) is 3.61. The Kier molecular flexibility index (Phi) is 2.49. The number of aliphatic hydroxyl groups is 1. The van der Waals surface area contributed by atoms with Gasteiger partial charge < -0.3 is 9.84 Å². The third-order valence-electron chi connectivity index (χ3n) is 1.91. The highest BCUT2D eigenvalue weighted by molar-refractivity contribution is 4.77. The highest BCUT2D eigenvalue weighted by Crippen LogP contribution is 2.25. The van der Waals surface area contributed by atoms with Crippen molar-refractivity contribution in [3.63, 3.8) is 0 Å². The smallest absolute Gasteiger partial charge is 0.0838 e. The van der Waals surface area contributed by atoms with Crippen LogP contribution in [0.25, 0.3) is 0 Å². The molecule has 1 aliphatic heterocycles. The molecule has 0 aromatic heterocycles. The van der Waals surface area contributed by atoms with Crippen molar-refractivity contribution >= 4 is 0 Å². The van der Waals surface area contributed by atoms with E-state index < -0.39 is 0 Å². The van der Waals surface area contributed by atoms with Gasteiger partial charge in [-0.15, -0.1) is 0 Å². The predicted octanol–water partition coefficient (Wildman–Crippen LogP) is 0.794. The molecule has 0 aliphatic carbocycles. The van der Waals surface area contributed by atoms with Crippen molar-refractivity contribution < 1.29 is 9.84 Å². The van der Waals surface area contributed by atoms with Crippen LogP contribution in [0.2, 0.25) is 0 Å². The van der Waals surface area contributed by atoms with E-state index >= 15 is 0 Å². The fraction of sp³-hybridized carbons (Fsp3) is 1.00. The second-order valence-corrected chi connectivity index (χ2v) is 2.55. The predicted molar refractivity (Wildman–Crippen MR) is 35.2 cm³/mol. The second kappa shape index (κ2) is 3.18. The standard InChI is InChI=1S/C7H14O2/c1-2-6(3-4-8)7-5-9-7/h6-8H,2-5H2,1H3. The van der Waals surface area contributed by atoms with E-state index in [1.165, 1.54) is 0 Å². The zero-order valence-corrected chi connectivity index (χ0v) is 5.84. The van der Waals surface area contributed by atoms with Crippen LogP contribution in [0.1, 0.15) is 19.8 Å². The first-order chi connectivity index (χ1) is 4.38. The van der Waals surface area contributed by atoms with Crippen LogP contribution in [0, 0.1) is 5.92 Å². The lowest BCUT2D eigenvalue weighted by molar-refractivity contribution is 0.227. The normalized spacial score (nSPS) is 28.0. The summed E-state index contributed by atoms with van der Waals surface area (Å²) in [5, 5.41) is 8.59. The van der Waals surface area contributed by atoms with Crippen LogP contribution in [-0.2, 0) is 4.74 Å². The molecule has 1 saturated heterocycles. The van der Waals surface area contributed by atoms with Gasteiger partial charge in [-0.3, -0.25) is 0 Å². The van der Waals surface area contributed by atoms with Crippen LogP contribution >= 0.6 is 0 Å². The van der Waals surface area contributed by atoms with Gasteiger partial charge in [0.15, 0.2) is 0 Å². The molecule has 2 heteroatoms. The molecule has 1 N–H and O–H groups in total. The Hall–Kier alpha value is -0.0800. The summed E-state index contributed by atoms with van der Waals surface area (Å²) < 4.78 is 5.10. The lowest BCUT2D eigenvalue weighted by atomic mass is 10.00. The number of hydrogen-bond acceptors (Lipinski definition) is 2. The van der Waals surface area contributed by atoms with E-state index in [0.717, 1.165) is 19.4 Å². The van der Waals surface area contributed by atoms with Gasteiger partial charge in [0.2, 0.25) is 0 Å². The lowest BCUT2D eigenvalue weighted by Crippen LogP contribution is -2.08. The molecule has 2 unspecified atom stereocenters. The van der Waals surface area contributed by atoms with Crippen molar-refractivity contribution in [2.45, 2.75) is 25.9 Å². The third-order valence-corrected chi connectivity index (χ3v) is 1.91. The molecular formula is C7H14O2. The molecule has 9 heavy (non-hydrogen) atoms. The van der Waals surface area contributed by atoms with Gasteiger partial charge in [0.1, 0.15) is 0 Å². The maximum atomic E-state index is 8.59. The maximum absolute atomic E-state index is 8.59. The summed E-state index contributed by atoms with van der Waals surface area (Å²) >= 11 is 0. The molecule has 0 radical (unpaired) electrons. The molecule has 2 atom stereocenters. The van der Waals surface area contributed by atoms with Crippen molar-refractivity contribution in [2.24, 2.45) is 5.92 Å². The van der Waals surface area contributed by atoms with Crippen LogP contribution in [-0.4, -0.2) is 24.4 Å². The highest BCUT2D eigenvalue weighted by atomic mass is 16.6. The Morgan fingerprint density at radius 1 is 1.78 bits per heavy atom. The van der Waals surface area contributed by atoms with Crippen molar-refractivity contribution in [1.82, 2.24) is 0 Å². The highest BCUT2D eigenvalue weighted by Gasteiger charge is 2.30. The van der Waals surface area contributed by atoms with Crippen LogP contribution in [0.15, 0.2) is 0 Å². The summed E-state index contributed by atoms with van der Waals surface area (Å²) in [6.07, 6.45) is 2.51. The first kappa shape index (κ1) is 7.03. The van der Waals surface area contributed by atoms with Gasteiger partial charge in [-0.1, -0.05) is 13.3 Å². The minimum Gasteiger partial charge on any atom is -0.396 e. The van der Waals surface area contributed by atoms with Gasteiger partial charge in [-0.2, -0.15) is 0 Å². The Labute approximate surface area is 55.8 Å². The van der Waals surface area contributed by atoms with Crippen LogP contribution < -0.4 is 0 Å². The number of aliphatic hydroxyl groups excluding tert-OH is 1. The van der Waals surface area contributed by atoms with E-state index in [0.29, 0.717) is 18.6 Å². The number of hydrogen-bond donors (Lipinski definition) is 1. The molecule has 1 aliphatic rings. The van der Waals surface area contributed by atoms with Gasteiger partial charge in [-0.25, -0.2) is 0 Å². The van der Waals surface area contributed by atoms with Crippen molar-refractivity contribution in [3.05, 3.63) is 0 Å². The van der Waals surface area contributed by atoms with Crippen molar-refractivity contribution in [2.75, 3.05) is 13.2 Å². The average molecular weight is 130 g/mol. The molecule has 0 aromatic rings. The molecule has 54 valence electrons. The van der Waals surface area contributed by atoms with Gasteiger partial charge >= 0.3 is 0 Å². The van der Waals surface area contributed by atoms with Gasteiger partial charge in [0.05, 0.1) is 12.7 Å². The molecule has 1 rings (SSSR count). The molecule has 2 nitrogen and oxygen atoms in total. The number of ether oxygens (including phenoxy) is 1. The van der Waals surface area contributed by atoms with E-state index in [2.05, 4.69) is 6.92 Å². The maximum Gasteiger partial charge on any atom is 0.0838 e. The van der Waals surface area contributed by atoms with E-state index in [9.17, 15) is 0 Å². The van der Waals surface area contributed by atoms with E-state index in [1.807, 2.05) is 0 Å². The topological polar surface area (TPSA) is 32.8 Å². The lowest BCUT2D eigenvalue weighted by Gasteiger charge is -2.07. The Morgan fingerprint density at radius 3 is 2.78 bits per heavy atom. The van der Waals surface area contributed by atoms with Crippen molar-refractivity contribution in [1.29, 1.82) is 0 Å². The number of rotatable bonds is 4. The summed E-state index contributed by atoms with van der Waals surface area (Å²) in [5.41, 5.74) is 0. The Balaban J connectivity index is 2.12. The average Bonchev–Trinajstić information content (AvgIpc) is 2.64. The van der Waals surface area contributed by atoms with Crippen LogP contribution in [0.3, 0.4) is 0 Å². The Bertz CT molecular complexity index is 79.0. The fourth-order valence-corrected chi connectivity index (χ4v) is 1.15. The SMILES string of the molecule is CCC(CCO)C1CO1. The second-order valence-electron chi connectivity index (χ2n) is 2.55. The summed E-state index contributed by atoms with van der Waals surface area (Å²) in [7, 11) is 0. The van der Waals surface area contributed by atoms with E-state index in [4.69, 9.17) is 9.84 Å². The molecule has 0 saturated carbocycles. The first-order valence-electron chi connectivity index (χ1n) is 3.61. The molecule has 0 spiro atoms. The summed E-state index contributed by atoms with van der Waals surface area (Å²) in [6.45, 7) is 3.36. The fourth-order valence-electron chi connectivity index (χ4n) is 1.15. The third kappa shape index (κ3) is 1.95. The number of epoxide rings is 1. The summed E-state index contributed by atoms with van der Waals surface area (Å²) in [4.78, 5) is 0. The zero-order valence-electron chi connectivity index (χ0n) is 5.84. The van der Waals surface area contributed by atoms with Gasteiger partial charge in [0, 0.05) is 6.61 Å². The molecule has 1 fully saturated rings. The molecular weight excluding hydrogens is 116 g/mol. The van der Waals surface area contributed by atoms with Crippen molar-refractivity contribution in [3.8, 4) is 0 Å². The van der Waals surface area contributed by atoms with Gasteiger partial charge in [-0.05, 0) is 12.3 Å². The van der Waals surface area contributed by atoms with E-state index in [-0.39, 0.29) is 0 Å². The largest absolute Gasteiger partial charge is 0.396 e. The molecule has 0 bridgehead atoms. The molecule has 0 aromatic carbocycles. The quantitative estimate of drug-likeness (QED) is 0.571. The molecule has 0 amide bonds. The van der Waals surface area contributed by atoms with Gasteiger partial charge in [0.25, 0.3) is 0 Å². The van der Waals surface area contributed by atoms with Crippen LogP contribution in [0.5, 0.6) is 0 Å². The zero-order chi connectivity index (χ0) is 6.69. The summed E-state index contributed by atoms with van der Waals surface area (Å²) in [5.74, 6) is 0.606. The molecule has 1 heterocycles. The minimum absolute atomic E-state index is 0.304. The monoisotopic (exact) mass is 130 g/mol. The Morgan fingerprint density at radius 2 is 2.44 bits per heavy atom. The minimum atomic E-state index is 0.304.